The Morgan fingerprint density at radius 1 is 1.37 bits per heavy atom. The van der Waals surface area contributed by atoms with Gasteiger partial charge in [0.15, 0.2) is 11.8 Å². The van der Waals surface area contributed by atoms with Crippen LogP contribution in [0.1, 0.15) is 34.8 Å². The molecule has 0 fully saturated rings. The number of ether oxygens (including phenoxy) is 1. The number of halogens is 1. The van der Waals surface area contributed by atoms with Gasteiger partial charge in [-0.25, -0.2) is 9.67 Å². The van der Waals surface area contributed by atoms with Crippen LogP contribution in [0.4, 0.5) is 0 Å². The molecule has 3 rings (SSSR count). The van der Waals surface area contributed by atoms with Crippen LogP contribution in [0.25, 0.3) is 0 Å². The van der Waals surface area contributed by atoms with Crippen LogP contribution < -0.4 is 10.6 Å². The van der Waals surface area contributed by atoms with E-state index in [1.807, 2.05) is 4.68 Å². The van der Waals surface area contributed by atoms with Crippen molar-refractivity contribution >= 4 is 29.9 Å². The van der Waals surface area contributed by atoms with E-state index in [9.17, 15) is 0 Å². The third-order valence-electron chi connectivity index (χ3n) is 4.68. The largest absolute Gasteiger partial charge is 0.377 e. The Bertz CT molecular complexity index is 789. The van der Waals surface area contributed by atoms with E-state index in [2.05, 4.69) is 57.8 Å². The Morgan fingerprint density at radius 2 is 2.19 bits per heavy atom. The second-order valence-electron chi connectivity index (χ2n) is 6.80. The Morgan fingerprint density at radius 3 is 2.89 bits per heavy atom. The summed E-state index contributed by atoms with van der Waals surface area (Å²) < 4.78 is 7.10. The smallest absolute Gasteiger partial charge is 0.191 e. The van der Waals surface area contributed by atoms with Gasteiger partial charge in [0, 0.05) is 33.2 Å². The van der Waals surface area contributed by atoms with Crippen molar-refractivity contribution in [3.63, 3.8) is 0 Å². The lowest BCUT2D eigenvalue weighted by molar-refractivity contribution is 0.177. The van der Waals surface area contributed by atoms with Crippen LogP contribution in [0, 0.1) is 13.8 Å². The molecule has 0 saturated carbocycles. The highest BCUT2D eigenvalue weighted by atomic mass is 127. The molecular weight excluding hydrogens is 455 g/mol. The fourth-order valence-corrected chi connectivity index (χ4v) is 3.28. The number of guanidine groups is 1. The summed E-state index contributed by atoms with van der Waals surface area (Å²) in [6.07, 6.45) is 1.91. The quantitative estimate of drug-likeness (QED) is 0.387. The first-order valence-electron chi connectivity index (χ1n) is 9.04. The molecule has 1 aromatic heterocycles. The highest BCUT2D eigenvalue weighted by Crippen LogP contribution is 2.14. The van der Waals surface area contributed by atoms with E-state index in [0.29, 0.717) is 6.61 Å². The standard InChI is InChI=1S/C19H28N6O.HI/c1-13-5-6-15(14(2)9-13)10-21-19(20-3)22-16-7-8-18-23-17(12-26-4)24-25(18)11-16;/h5-6,9,16H,7-8,10-12H2,1-4H3,(H2,20,21,22);1H. The van der Waals surface area contributed by atoms with Crippen LogP contribution in [0.3, 0.4) is 0 Å². The molecule has 2 aromatic rings. The van der Waals surface area contributed by atoms with Gasteiger partial charge < -0.3 is 15.4 Å². The maximum atomic E-state index is 5.12. The molecule has 8 heteroatoms. The summed E-state index contributed by atoms with van der Waals surface area (Å²) in [5.74, 6) is 2.60. The van der Waals surface area contributed by atoms with Gasteiger partial charge in [-0.2, -0.15) is 5.10 Å². The summed E-state index contributed by atoms with van der Waals surface area (Å²) in [6.45, 7) is 6.26. The Balaban J connectivity index is 0.00000261. The first-order chi connectivity index (χ1) is 12.6. The molecule has 1 unspecified atom stereocenters. The van der Waals surface area contributed by atoms with E-state index < -0.39 is 0 Å². The Labute approximate surface area is 178 Å². The number of rotatable bonds is 5. The molecule has 1 aliphatic heterocycles. The van der Waals surface area contributed by atoms with Crippen molar-refractivity contribution in [3.05, 3.63) is 46.5 Å². The number of hydrogen-bond acceptors (Lipinski definition) is 4. The molecule has 0 spiro atoms. The number of aliphatic imine (C=N–C) groups is 1. The predicted octanol–water partition coefficient (Wildman–Crippen LogP) is 2.34. The van der Waals surface area contributed by atoms with Crippen molar-refractivity contribution in [1.29, 1.82) is 0 Å². The first-order valence-corrected chi connectivity index (χ1v) is 9.04. The number of fused-ring (bicyclic) bond motifs is 1. The first kappa shape index (κ1) is 21.6. The van der Waals surface area contributed by atoms with E-state index >= 15 is 0 Å². The fourth-order valence-electron chi connectivity index (χ4n) is 3.28. The lowest BCUT2D eigenvalue weighted by Crippen LogP contribution is -2.46. The third kappa shape index (κ3) is 5.65. The molecule has 27 heavy (non-hydrogen) atoms. The second kappa shape index (κ2) is 10.0. The van der Waals surface area contributed by atoms with Crippen LogP contribution in [0.5, 0.6) is 0 Å². The van der Waals surface area contributed by atoms with Crippen molar-refractivity contribution in [3.8, 4) is 0 Å². The molecule has 0 saturated heterocycles. The van der Waals surface area contributed by atoms with Gasteiger partial charge in [0.2, 0.25) is 0 Å². The summed E-state index contributed by atoms with van der Waals surface area (Å²) in [7, 11) is 3.47. The lowest BCUT2D eigenvalue weighted by atomic mass is 10.1. The van der Waals surface area contributed by atoms with Crippen LogP contribution >= 0.6 is 24.0 Å². The maximum Gasteiger partial charge on any atom is 0.191 e. The van der Waals surface area contributed by atoms with Crippen molar-refractivity contribution in [2.45, 2.75) is 52.4 Å². The van der Waals surface area contributed by atoms with Gasteiger partial charge in [0.25, 0.3) is 0 Å². The molecule has 0 radical (unpaired) electrons. The number of nitrogens with zero attached hydrogens (tertiary/aromatic N) is 4. The summed E-state index contributed by atoms with van der Waals surface area (Å²) in [5, 5.41) is 11.4. The van der Waals surface area contributed by atoms with Crippen LogP contribution in [0.2, 0.25) is 0 Å². The average Bonchev–Trinajstić information content (AvgIpc) is 3.01. The zero-order valence-corrected chi connectivity index (χ0v) is 18.8. The van der Waals surface area contributed by atoms with Gasteiger partial charge in [0.1, 0.15) is 12.4 Å². The number of methoxy groups -OCH3 is 1. The number of aryl methyl sites for hydroxylation is 3. The summed E-state index contributed by atoms with van der Waals surface area (Å²) in [4.78, 5) is 8.88. The minimum absolute atomic E-state index is 0. The molecule has 148 valence electrons. The molecule has 1 atom stereocenters. The van der Waals surface area contributed by atoms with E-state index in [-0.39, 0.29) is 30.0 Å². The monoisotopic (exact) mass is 484 g/mol. The predicted molar refractivity (Wildman–Crippen MR) is 118 cm³/mol. The number of nitrogens with one attached hydrogen (secondary N) is 2. The van der Waals surface area contributed by atoms with E-state index in [0.717, 1.165) is 43.5 Å². The molecule has 0 aliphatic carbocycles. The summed E-state index contributed by atoms with van der Waals surface area (Å²) >= 11 is 0. The fraction of sp³-hybridized carbons (Fsp3) is 0.526. The lowest BCUT2D eigenvalue weighted by Gasteiger charge is -2.25. The Kier molecular flexibility index (Phi) is 8.03. The molecule has 7 nitrogen and oxygen atoms in total. The number of benzene rings is 1. The van der Waals surface area contributed by atoms with Gasteiger partial charge >= 0.3 is 0 Å². The SMILES string of the molecule is CN=C(NCc1ccc(C)cc1C)NC1CCc2nc(COC)nn2C1.I. The minimum Gasteiger partial charge on any atom is -0.377 e. The van der Waals surface area contributed by atoms with Gasteiger partial charge in [-0.3, -0.25) is 4.99 Å². The Hall–Kier alpha value is -1.68. The van der Waals surface area contributed by atoms with Gasteiger partial charge in [-0.15, -0.1) is 24.0 Å². The number of aromatic nitrogens is 3. The van der Waals surface area contributed by atoms with Gasteiger partial charge in [0.05, 0.1) is 6.54 Å². The molecule has 0 bridgehead atoms. The summed E-state index contributed by atoms with van der Waals surface area (Å²) in [5.41, 5.74) is 3.86. The highest BCUT2D eigenvalue weighted by molar-refractivity contribution is 14.0. The van der Waals surface area contributed by atoms with E-state index in [1.54, 1.807) is 14.2 Å². The average molecular weight is 484 g/mol. The molecule has 1 aromatic carbocycles. The van der Waals surface area contributed by atoms with Crippen molar-refractivity contribution in [2.75, 3.05) is 14.2 Å². The highest BCUT2D eigenvalue weighted by Gasteiger charge is 2.22. The number of hydrogen-bond donors (Lipinski definition) is 2. The normalized spacial score (nSPS) is 16.4. The second-order valence-corrected chi connectivity index (χ2v) is 6.80. The topological polar surface area (TPSA) is 76.4 Å². The van der Waals surface area contributed by atoms with Crippen molar-refractivity contribution < 1.29 is 4.74 Å². The summed E-state index contributed by atoms with van der Waals surface area (Å²) in [6, 6.07) is 6.80. The van der Waals surface area contributed by atoms with Gasteiger partial charge in [-0.05, 0) is 31.4 Å². The minimum atomic E-state index is 0. The van der Waals surface area contributed by atoms with Crippen LogP contribution in [-0.4, -0.2) is 40.9 Å². The maximum absolute atomic E-state index is 5.12. The van der Waals surface area contributed by atoms with E-state index in [1.165, 1.54) is 16.7 Å². The zero-order chi connectivity index (χ0) is 18.5. The third-order valence-corrected chi connectivity index (χ3v) is 4.68. The van der Waals surface area contributed by atoms with Crippen LogP contribution in [-0.2, 0) is 30.9 Å². The van der Waals surface area contributed by atoms with Crippen molar-refractivity contribution in [1.82, 2.24) is 25.4 Å². The molecule has 0 amide bonds. The van der Waals surface area contributed by atoms with Crippen LogP contribution in [0.15, 0.2) is 23.2 Å². The zero-order valence-electron chi connectivity index (χ0n) is 16.5. The molecular formula is C19H29IN6O. The molecule has 2 N–H and O–H groups in total. The van der Waals surface area contributed by atoms with E-state index in [4.69, 9.17) is 4.74 Å². The van der Waals surface area contributed by atoms with Gasteiger partial charge in [-0.1, -0.05) is 23.8 Å². The molecule has 2 heterocycles. The molecule has 1 aliphatic rings. The van der Waals surface area contributed by atoms with Crippen molar-refractivity contribution in [2.24, 2.45) is 4.99 Å².